The second-order valence-corrected chi connectivity index (χ2v) is 6.99. The average molecular weight is 350 g/mol. The summed E-state index contributed by atoms with van der Waals surface area (Å²) < 4.78 is 5.41. The number of H-pyrrole nitrogens is 1. The normalized spacial score (nSPS) is 17.5. The van der Waals surface area contributed by atoms with Crippen LogP contribution >= 0.6 is 11.6 Å². The summed E-state index contributed by atoms with van der Waals surface area (Å²) in [5.74, 6) is 0. The number of benzene rings is 1. The lowest BCUT2D eigenvalue weighted by Gasteiger charge is -2.34. The summed E-state index contributed by atoms with van der Waals surface area (Å²) in [7, 11) is 2.06. The first-order valence-electron chi connectivity index (χ1n) is 8.35. The number of hydrogen-bond donors (Lipinski definition) is 1. The van der Waals surface area contributed by atoms with E-state index in [4.69, 9.17) is 16.3 Å². The van der Waals surface area contributed by atoms with E-state index in [1.54, 1.807) is 6.07 Å². The Hall–Kier alpha value is -1.40. The van der Waals surface area contributed by atoms with Crippen molar-refractivity contribution in [1.29, 1.82) is 0 Å². The molecule has 1 unspecified atom stereocenters. The molecule has 5 nitrogen and oxygen atoms in total. The van der Waals surface area contributed by atoms with Crippen LogP contribution in [-0.2, 0) is 11.3 Å². The molecule has 1 atom stereocenters. The Labute approximate surface area is 147 Å². The molecule has 3 rings (SSSR count). The Kier molecular flexibility index (Phi) is 5.56. The van der Waals surface area contributed by atoms with Gasteiger partial charge in [-0.15, -0.1) is 0 Å². The maximum atomic E-state index is 12.3. The van der Waals surface area contributed by atoms with Gasteiger partial charge in [0.05, 0.1) is 13.2 Å². The molecule has 0 amide bonds. The first kappa shape index (κ1) is 17.4. The van der Waals surface area contributed by atoms with Crippen molar-refractivity contribution in [2.24, 2.45) is 0 Å². The van der Waals surface area contributed by atoms with Crippen molar-refractivity contribution in [3.63, 3.8) is 0 Å². The lowest BCUT2D eigenvalue weighted by molar-refractivity contribution is 0.0137. The third-order valence-corrected chi connectivity index (χ3v) is 4.81. The van der Waals surface area contributed by atoms with E-state index in [2.05, 4.69) is 28.8 Å². The Bertz CT molecular complexity index is 756. The quantitative estimate of drug-likeness (QED) is 0.900. The molecular formula is C18H24ClN3O2. The molecule has 1 aromatic heterocycles. The fourth-order valence-corrected chi connectivity index (χ4v) is 3.45. The largest absolute Gasteiger partial charge is 0.379 e. The van der Waals surface area contributed by atoms with E-state index in [1.165, 1.54) is 0 Å². The van der Waals surface area contributed by atoms with Crippen LogP contribution in [0, 0.1) is 0 Å². The minimum absolute atomic E-state index is 0.0457. The number of halogens is 1. The molecule has 1 N–H and O–H groups in total. The lowest BCUT2D eigenvalue weighted by Crippen LogP contribution is -2.46. The van der Waals surface area contributed by atoms with E-state index >= 15 is 0 Å². The second-order valence-electron chi connectivity index (χ2n) is 6.55. The number of ether oxygens (including phenoxy) is 1. The van der Waals surface area contributed by atoms with Crippen molar-refractivity contribution in [2.75, 3.05) is 39.9 Å². The third-order valence-electron chi connectivity index (χ3n) is 4.57. The number of nitrogens with zero attached hydrogens (tertiary/aromatic N) is 2. The fourth-order valence-electron chi connectivity index (χ4n) is 3.28. The molecule has 0 bridgehead atoms. The molecule has 0 spiro atoms. The zero-order valence-corrected chi connectivity index (χ0v) is 15.0. The molecule has 0 aliphatic carbocycles. The van der Waals surface area contributed by atoms with Gasteiger partial charge in [0.2, 0.25) is 0 Å². The van der Waals surface area contributed by atoms with Crippen LogP contribution in [0.25, 0.3) is 10.9 Å². The predicted molar refractivity (Wildman–Crippen MR) is 97.8 cm³/mol. The van der Waals surface area contributed by atoms with Gasteiger partial charge in [-0.1, -0.05) is 17.7 Å². The van der Waals surface area contributed by atoms with Gasteiger partial charge in [0.1, 0.15) is 0 Å². The van der Waals surface area contributed by atoms with Gasteiger partial charge in [0, 0.05) is 48.3 Å². The number of aromatic nitrogens is 1. The molecule has 1 aliphatic rings. The highest BCUT2D eigenvalue weighted by atomic mass is 35.5. The topological polar surface area (TPSA) is 48.6 Å². The molecule has 1 aliphatic heterocycles. The monoisotopic (exact) mass is 349 g/mol. The van der Waals surface area contributed by atoms with Crippen LogP contribution in [0.1, 0.15) is 12.5 Å². The third kappa shape index (κ3) is 4.16. The summed E-state index contributed by atoms with van der Waals surface area (Å²) in [5.41, 5.74) is 1.51. The van der Waals surface area contributed by atoms with Crippen LogP contribution in [0.15, 0.2) is 29.1 Å². The highest BCUT2D eigenvalue weighted by Crippen LogP contribution is 2.17. The highest BCUT2D eigenvalue weighted by molar-refractivity contribution is 6.31. The van der Waals surface area contributed by atoms with E-state index in [-0.39, 0.29) is 5.56 Å². The van der Waals surface area contributed by atoms with Crippen molar-refractivity contribution >= 4 is 22.5 Å². The Morgan fingerprint density at radius 1 is 1.33 bits per heavy atom. The Morgan fingerprint density at radius 3 is 2.83 bits per heavy atom. The van der Waals surface area contributed by atoms with Crippen LogP contribution in [0.5, 0.6) is 0 Å². The number of morpholine rings is 1. The number of hydrogen-bond acceptors (Lipinski definition) is 4. The maximum absolute atomic E-state index is 12.3. The van der Waals surface area contributed by atoms with Crippen molar-refractivity contribution in [3.05, 3.63) is 45.2 Å². The van der Waals surface area contributed by atoms with E-state index in [0.29, 0.717) is 17.6 Å². The van der Waals surface area contributed by atoms with Gasteiger partial charge in [-0.25, -0.2) is 0 Å². The molecule has 130 valence electrons. The summed E-state index contributed by atoms with van der Waals surface area (Å²) in [6.45, 7) is 7.34. The number of fused-ring (bicyclic) bond motifs is 1. The summed E-state index contributed by atoms with van der Waals surface area (Å²) in [4.78, 5) is 19.9. The van der Waals surface area contributed by atoms with Gasteiger partial charge in [0.25, 0.3) is 5.56 Å². The minimum atomic E-state index is -0.0457. The van der Waals surface area contributed by atoms with E-state index in [1.807, 2.05) is 18.2 Å². The molecule has 1 saturated heterocycles. The van der Waals surface area contributed by atoms with Crippen molar-refractivity contribution in [2.45, 2.75) is 19.5 Å². The van der Waals surface area contributed by atoms with Gasteiger partial charge in [-0.05, 0) is 37.6 Å². The van der Waals surface area contributed by atoms with Gasteiger partial charge in [-0.2, -0.15) is 0 Å². The lowest BCUT2D eigenvalue weighted by atomic mass is 10.1. The van der Waals surface area contributed by atoms with Crippen LogP contribution in [-0.4, -0.2) is 60.7 Å². The van der Waals surface area contributed by atoms with E-state index in [0.717, 1.165) is 49.3 Å². The van der Waals surface area contributed by atoms with Crippen LogP contribution < -0.4 is 5.56 Å². The number of aromatic amines is 1. The Balaban J connectivity index is 1.68. The van der Waals surface area contributed by atoms with Gasteiger partial charge in [-0.3, -0.25) is 9.69 Å². The first-order valence-corrected chi connectivity index (χ1v) is 8.72. The van der Waals surface area contributed by atoms with Crippen LogP contribution in [0.3, 0.4) is 0 Å². The standard InChI is InChI=1S/C18H24ClN3O2/c1-13(22-5-7-24-8-6-22)11-21(2)12-15-9-14-3-4-16(19)10-17(14)20-18(15)23/h3-4,9-10,13H,5-8,11-12H2,1-2H3,(H,20,23). The molecule has 0 radical (unpaired) electrons. The predicted octanol–water partition coefficient (Wildman–Crippen LogP) is 2.33. The van der Waals surface area contributed by atoms with E-state index < -0.39 is 0 Å². The zero-order valence-electron chi connectivity index (χ0n) is 14.2. The first-order chi connectivity index (χ1) is 11.5. The maximum Gasteiger partial charge on any atom is 0.252 e. The summed E-state index contributed by atoms with van der Waals surface area (Å²) in [5, 5.41) is 1.63. The van der Waals surface area contributed by atoms with Gasteiger partial charge in [0.15, 0.2) is 0 Å². The van der Waals surface area contributed by atoms with Gasteiger partial charge < -0.3 is 14.6 Å². The summed E-state index contributed by atoms with van der Waals surface area (Å²) in [6.07, 6.45) is 0. The number of pyridine rings is 1. The van der Waals surface area contributed by atoms with Crippen LogP contribution in [0.2, 0.25) is 5.02 Å². The molecule has 24 heavy (non-hydrogen) atoms. The SMILES string of the molecule is CC(CN(C)Cc1cc2ccc(Cl)cc2[nH]c1=O)N1CCOCC1. The molecule has 6 heteroatoms. The summed E-state index contributed by atoms with van der Waals surface area (Å²) in [6, 6.07) is 7.97. The Morgan fingerprint density at radius 2 is 2.08 bits per heavy atom. The molecule has 2 heterocycles. The fraction of sp³-hybridized carbons (Fsp3) is 0.500. The van der Waals surface area contributed by atoms with Gasteiger partial charge >= 0.3 is 0 Å². The van der Waals surface area contributed by atoms with Crippen LogP contribution in [0.4, 0.5) is 0 Å². The highest BCUT2D eigenvalue weighted by Gasteiger charge is 2.18. The smallest absolute Gasteiger partial charge is 0.252 e. The zero-order chi connectivity index (χ0) is 17.1. The number of nitrogens with one attached hydrogen (secondary N) is 1. The summed E-state index contributed by atoms with van der Waals surface area (Å²) >= 11 is 5.98. The van der Waals surface area contributed by atoms with Crippen molar-refractivity contribution < 1.29 is 4.74 Å². The average Bonchev–Trinajstić information content (AvgIpc) is 2.56. The molecule has 2 aromatic rings. The number of rotatable bonds is 5. The minimum Gasteiger partial charge on any atom is -0.379 e. The van der Waals surface area contributed by atoms with E-state index in [9.17, 15) is 4.79 Å². The second kappa shape index (κ2) is 7.66. The number of likely N-dealkylation sites (N-methyl/N-ethyl adjacent to an activating group) is 1. The molecule has 0 saturated carbocycles. The molecular weight excluding hydrogens is 326 g/mol. The van der Waals surface area contributed by atoms with Crippen molar-refractivity contribution in [1.82, 2.24) is 14.8 Å². The van der Waals surface area contributed by atoms with Crippen molar-refractivity contribution in [3.8, 4) is 0 Å². The molecule has 1 aromatic carbocycles. The molecule has 1 fully saturated rings.